The molecule has 1 aromatic heterocycles. The van der Waals surface area contributed by atoms with E-state index in [9.17, 15) is 9.18 Å². The first-order valence-corrected chi connectivity index (χ1v) is 14.2. The van der Waals surface area contributed by atoms with Crippen LogP contribution in [0.4, 0.5) is 15.8 Å². The maximum atomic E-state index is 13.6. The van der Waals surface area contributed by atoms with Gasteiger partial charge in [-0.1, -0.05) is 11.6 Å². The van der Waals surface area contributed by atoms with Gasteiger partial charge in [-0.05, 0) is 94.6 Å². The Labute approximate surface area is 223 Å². The molecule has 1 saturated carbocycles. The number of likely N-dealkylation sites (tertiary alicyclic amines) is 1. The lowest BCUT2D eigenvalue weighted by Crippen LogP contribution is -2.43. The van der Waals surface area contributed by atoms with Crippen LogP contribution in [0.15, 0.2) is 35.3 Å². The van der Waals surface area contributed by atoms with Gasteiger partial charge < -0.3 is 19.9 Å². The van der Waals surface area contributed by atoms with Crippen molar-refractivity contribution in [3.05, 3.63) is 51.7 Å². The summed E-state index contributed by atoms with van der Waals surface area (Å²) < 4.78 is 20.8. The zero-order chi connectivity index (χ0) is 25.8. The molecule has 0 radical (unpaired) electrons. The second kappa shape index (κ2) is 12.1. The van der Waals surface area contributed by atoms with Crippen molar-refractivity contribution in [1.29, 1.82) is 0 Å². The molecule has 37 heavy (non-hydrogen) atoms. The zero-order valence-electron chi connectivity index (χ0n) is 21.7. The summed E-state index contributed by atoms with van der Waals surface area (Å²) in [6.45, 7) is 5.50. The van der Waals surface area contributed by atoms with Gasteiger partial charge in [0.2, 0.25) is 0 Å². The van der Waals surface area contributed by atoms with Crippen molar-refractivity contribution in [2.24, 2.45) is 11.8 Å². The molecule has 5 rings (SSSR count). The summed E-state index contributed by atoms with van der Waals surface area (Å²) in [5.41, 5.74) is 1.46. The average Bonchev–Trinajstić information content (AvgIpc) is 3.34. The molecule has 0 bridgehead atoms. The molecule has 2 aliphatic heterocycles. The highest BCUT2D eigenvalue weighted by molar-refractivity contribution is 6.32. The summed E-state index contributed by atoms with van der Waals surface area (Å²) >= 11 is 6.50. The van der Waals surface area contributed by atoms with Crippen molar-refractivity contribution in [1.82, 2.24) is 14.7 Å². The first kappa shape index (κ1) is 26.4. The van der Waals surface area contributed by atoms with Crippen LogP contribution in [0.5, 0.6) is 0 Å². The number of halogens is 2. The minimum atomic E-state index is -0.223. The summed E-state index contributed by atoms with van der Waals surface area (Å²) in [5, 5.41) is 8.05. The van der Waals surface area contributed by atoms with E-state index in [4.69, 9.17) is 16.3 Å². The quantitative estimate of drug-likeness (QED) is 0.527. The highest BCUT2D eigenvalue weighted by Gasteiger charge is 2.31. The largest absolute Gasteiger partial charge is 0.382 e. The molecule has 3 fully saturated rings. The molecule has 2 atom stereocenters. The number of nitrogens with one attached hydrogen (secondary N) is 1. The Morgan fingerprint density at radius 3 is 2.59 bits per heavy atom. The molecule has 3 aliphatic rings. The van der Waals surface area contributed by atoms with Gasteiger partial charge in [0.05, 0.1) is 24.5 Å². The Kier molecular flexibility index (Phi) is 8.67. The monoisotopic (exact) mass is 531 g/mol. The van der Waals surface area contributed by atoms with Crippen molar-refractivity contribution in [2.75, 3.05) is 56.7 Å². The molecule has 1 aliphatic carbocycles. The third kappa shape index (κ3) is 6.47. The van der Waals surface area contributed by atoms with Crippen molar-refractivity contribution in [2.45, 2.75) is 57.0 Å². The van der Waals surface area contributed by atoms with Crippen LogP contribution in [0.2, 0.25) is 5.02 Å². The fourth-order valence-electron chi connectivity index (χ4n) is 6.22. The highest BCUT2D eigenvalue weighted by Crippen LogP contribution is 2.34. The molecule has 2 aromatic rings. The van der Waals surface area contributed by atoms with E-state index in [0.717, 1.165) is 83.6 Å². The number of hydrogen-bond donors (Lipinski definition) is 1. The van der Waals surface area contributed by atoms with Gasteiger partial charge in [-0.25, -0.2) is 9.07 Å². The number of aromatic nitrogens is 2. The number of benzene rings is 1. The van der Waals surface area contributed by atoms with Gasteiger partial charge in [-0.15, -0.1) is 0 Å². The Hall–Kier alpha value is -2.16. The number of anilines is 2. The maximum Gasteiger partial charge on any atom is 0.287 e. The molecule has 1 aromatic carbocycles. The van der Waals surface area contributed by atoms with E-state index in [1.807, 2.05) is 12.1 Å². The smallest absolute Gasteiger partial charge is 0.287 e. The maximum absolute atomic E-state index is 13.6. The summed E-state index contributed by atoms with van der Waals surface area (Å²) in [6, 6.07) is 7.30. The van der Waals surface area contributed by atoms with E-state index in [1.165, 1.54) is 6.42 Å². The summed E-state index contributed by atoms with van der Waals surface area (Å²) in [4.78, 5) is 18.0. The topological polar surface area (TPSA) is 62.6 Å². The predicted molar refractivity (Wildman–Crippen MR) is 146 cm³/mol. The van der Waals surface area contributed by atoms with Gasteiger partial charge >= 0.3 is 0 Å². The van der Waals surface area contributed by atoms with Gasteiger partial charge in [0.25, 0.3) is 5.56 Å². The van der Waals surface area contributed by atoms with Crippen LogP contribution in [0.1, 0.15) is 51.0 Å². The first-order valence-electron chi connectivity index (χ1n) is 13.8. The van der Waals surface area contributed by atoms with E-state index in [1.54, 1.807) is 23.0 Å². The SMILES string of the molecule is CN1CCC(CN(c2ccc(F)cc2)[C@H]2CC[C@@H](n3ncc(NC[C@H]4CCCOC4)c(Cl)c3=O)CC2)C1. The number of rotatable bonds is 8. The van der Waals surface area contributed by atoms with Crippen LogP contribution in [-0.4, -0.2) is 67.2 Å². The van der Waals surface area contributed by atoms with Crippen LogP contribution in [0.25, 0.3) is 0 Å². The molecule has 1 unspecified atom stereocenters. The number of hydrogen-bond acceptors (Lipinski definition) is 6. The Morgan fingerprint density at radius 1 is 1.14 bits per heavy atom. The van der Waals surface area contributed by atoms with E-state index in [2.05, 4.69) is 27.3 Å². The second-order valence-corrected chi connectivity index (χ2v) is 11.5. The van der Waals surface area contributed by atoms with Crippen LogP contribution in [0, 0.1) is 17.7 Å². The molecule has 0 amide bonds. The third-order valence-corrected chi connectivity index (χ3v) is 8.70. The fourth-order valence-corrected chi connectivity index (χ4v) is 6.42. The van der Waals surface area contributed by atoms with Crippen LogP contribution >= 0.6 is 11.6 Å². The number of ether oxygens (including phenoxy) is 1. The molecular formula is C28H39ClFN5O2. The minimum absolute atomic E-state index is 0.0368. The zero-order valence-corrected chi connectivity index (χ0v) is 22.5. The minimum Gasteiger partial charge on any atom is -0.382 e. The molecule has 3 heterocycles. The fraction of sp³-hybridized carbons (Fsp3) is 0.643. The lowest BCUT2D eigenvalue weighted by atomic mass is 9.89. The molecule has 0 spiro atoms. The third-order valence-electron chi connectivity index (χ3n) is 8.33. The highest BCUT2D eigenvalue weighted by atomic mass is 35.5. The van der Waals surface area contributed by atoms with E-state index < -0.39 is 0 Å². The summed E-state index contributed by atoms with van der Waals surface area (Å²) in [5.74, 6) is 0.827. The molecule has 1 N–H and O–H groups in total. The predicted octanol–water partition coefficient (Wildman–Crippen LogP) is 4.82. The van der Waals surface area contributed by atoms with E-state index in [-0.39, 0.29) is 22.4 Å². The van der Waals surface area contributed by atoms with Crippen LogP contribution in [-0.2, 0) is 4.74 Å². The average molecular weight is 532 g/mol. The van der Waals surface area contributed by atoms with E-state index in [0.29, 0.717) is 23.6 Å². The Balaban J connectivity index is 1.23. The standard InChI is InChI=1S/C28H39ClFN5O2/c1-33-13-12-21(17-33)18-34(23-6-4-22(30)5-7-23)24-8-10-25(11-9-24)35-28(36)27(29)26(16-32-35)31-15-20-3-2-14-37-19-20/h4-7,16,20-21,24-25,31H,2-3,8-15,17-19H2,1H3/t20-,21?,24-,25+/m1/s1. The van der Waals surface area contributed by atoms with Crippen LogP contribution in [0.3, 0.4) is 0 Å². The van der Waals surface area contributed by atoms with E-state index >= 15 is 0 Å². The van der Waals surface area contributed by atoms with Crippen molar-refractivity contribution >= 4 is 23.0 Å². The lowest BCUT2D eigenvalue weighted by Gasteiger charge is -2.40. The van der Waals surface area contributed by atoms with Gasteiger partial charge in [0.1, 0.15) is 10.8 Å². The molecule has 202 valence electrons. The van der Waals surface area contributed by atoms with Gasteiger partial charge in [0.15, 0.2) is 0 Å². The van der Waals surface area contributed by atoms with Crippen molar-refractivity contribution in [3.8, 4) is 0 Å². The molecule has 7 nitrogen and oxygen atoms in total. The Bertz CT molecular complexity index is 1080. The second-order valence-electron chi connectivity index (χ2n) is 11.1. The molecule has 9 heteroatoms. The van der Waals surface area contributed by atoms with Gasteiger partial charge in [0, 0.05) is 38.0 Å². The molecular weight excluding hydrogens is 493 g/mol. The van der Waals surface area contributed by atoms with Crippen LogP contribution < -0.4 is 15.8 Å². The number of nitrogens with zero attached hydrogens (tertiary/aromatic N) is 4. The first-order chi connectivity index (χ1) is 18.0. The Morgan fingerprint density at radius 2 is 1.92 bits per heavy atom. The van der Waals surface area contributed by atoms with Crippen molar-refractivity contribution < 1.29 is 9.13 Å². The van der Waals surface area contributed by atoms with Gasteiger partial charge in [-0.3, -0.25) is 4.79 Å². The van der Waals surface area contributed by atoms with Gasteiger partial charge in [-0.2, -0.15) is 5.10 Å². The lowest BCUT2D eigenvalue weighted by molar-refractivity contribution is 0.0595. The normalized spacial score (nSPS) is 26.8. The van der Waals surface area contributed by atoms with Crippen molar-refractivity contribution in [3.63, 3.8) is 0 Å². The summed E-state index contributed by atoms with van der Waals surface area (Å²) in [7, 11) is 2.18. The summed E-state index contributed by atoms with van der Waals surface area (Å²) in [6.07, 6.45) is 8.71. The molecule has 2 saturated heterocycles.